The van der Waals surface area contributed by atoms with Crippen molar-refractivity contribution in [1.82, 2.24) is 5.32 Å². The van der Waals surface area contributed by atoms with Gasteiger partial charge in [0.05, 0.1) is 13.7 Å². The molecule has 0 aromatic heterocycles. The van der Waals surface area contributed by atoms with E-state index in [4.69, 9.17) is 24.7 Å². The molecule has 0 amide bonds. The van der Waals surface area contributed by atoms with Crippen LogP contribution in [0.3, 0.4) is 0 Å². The molecular weight excluding hydrogens is 332 g/mol. The Morgan fingerprint density at radius 3 is 2.92 bits per heavy atom. The summed E-state index contributed by atoms with van der Waals surface area (Å²) in [6.07, 6.45) is 0.871. The molecule has 6 nitrogen and oxygen atoms in total. The number of aryl methyl sites for hydroxylation is 1. The van der Waals surface area contributed by atoms with Crippen molar-refractivity contribution in [2.45, 2.75) is 19.4 Å². The third kappa shape index (κ3) is 4.73. The van der Waals surface area contributed by atoms with Crippen molar-refractivity contribution in [3.05, 3.63) is 42.0 Å². The zero-order chi connectivity index (χ0) is 18.4. The van der Waals surface area contributed by atoms with Crippen LogP contribution in [0.2, 0.25) is 0 Å². The molecule has 26 heavy (non-hydrogen) atoms. The van der Waals surface area contributed by atoms with Crippen molar-refractivity contribution in [1.29, 1.82) is 0 Å². The Labute approximate surface area is 154 Å². The quantitative estimate of drug-likeness (QED) is 0.558. The van der Waals surface area contributed by atoms with Gasteiger partial charge in [0.2, 0.25) is 0 Å². The maximum atomic E-state index is 6.01. The average molecular weight is 358 g/mol. The molecule has 1 unspecified atom stereocenters. The molecule has 0 bridgehead atoms. The molecule has 6 heteroatoms. The van der Waals surface area contributed by atoms with Crippen LogP contribution in [0.1, 0.15) is 12.0 Å². The summed E-state index contributed by atoms with van der Waals surface area (Å²) < 4.78 is 22.8. The third-order valence-electron chi connectivity index (χ3n) is 4.18. The number of ether oxygens (including phenoxy) is 4. The fourth-order valence-corrected chi connectivity index (χ4v) is 2.82. The van der Waals surface area contributed by atoms with E-state index in [1.165, 1.54) is 0 Å². The van der Waals surface area contributed by atoms with E-state index in [0.717, 1.165) is 41.5 Å². The van der Waals surface area contributed by atoms with Crippen molar-refractivity contribution in [3.63, 3.8) is 0 Å². The number of nitrogen functional groups attached to an aromatic ring is 1. The first-order valence-electron chi connectivity index (χ1n) is 8.83. The lowest BCUT2D eigenvalue weighted by molar-refractivity contribution is 0.0897. The van der Waals surface area contributed by atoms with Gasteiger partial charge in [-0.1, -0.05) is 6.07 Å². The standard InChI is InChI=1S/C20H26N2O4/c1-14-9-19-20(11-18(14)23-2)26-17(13-25-19)12-22-7-4-8-24-16-6-3-5-15(21)10-16/h3,5-6,9-11,17,22H,4,7-8,12-13,21H2,1-2H3. The second-order valence-electron chi connectivity index (χ2n) is 6.30. The van der Waals surface area contributed by atoms with Gasteiger partial charge in [0, 0.05) is 24.4 Å². The Kier molecular flexibility index (Phi) is 6.07. The van der Waals surface area contributed by atoms with E-state index in [1.807, 2.05) is 43.3 Å². The van der Waals surface area contributed by atoms with Crippen molar-refractivity contribution >= 4 is 5.69 Å². The van der Waals surface area contributed by atoms with Gasteiger partial charge < -0.3 is 30.0 Å². The zero-order valence-corrected chi connectivity index (χ0v) is 15.3. The first-order valence-corrected chi connectivity index (χ1v) is 8.83. The summed E-state index contributed by atoms with van der Waals surface area (Å²) in [5.41, 5.74) is 7.47. The van der Waals surface area contributed by atoms with E-state index in [9.17, 15) is 0 Å². The fraction of sp³-hybridized carbons (Fsp3) is 0.400. The predicted molar refractivity (Wildman–Crippen MR) is 101 cm³/mol. The number of hydrogen-bond acceptors (Lipinski definition) is 6. The maximum absolute atomic E-state index is 6.01. The van der Waals surface area contributed by atoms with Crippen LogP contribution < -0.4 is 30.0 Å². The normalized spacial score (nSPS) is 15.5. The first-order chi connectivity index (χ1) is 12.7. The number of hydrogen-bond donors (Lipinski definition) is 2. The molecule has 3 N–H and O–H groups in total. The Bertz CT molecular complexity index is 736. The number of fused-ring (bicyclic) bond motifs is 1. The second-order valence-corrected chi connectivity index (χ2v) is 6.30. The molecular formula is C20H26N2O4. The minimum absolute atomic E-state index is 0.0234. The molecule has 1 aliphatic rings. The molecule has 2 aromatic carbocycles. The van der Waals surface area contributed by atoms with Crippen LogP contribution in [0.5, 0.6) is 23.0 Å². The highest BCUT2D eigenvalue weighted by Gasteiger charge is 2.22. The van der Waals surface area contributed by atoms with Gasteiger partial charge in [0.1, 0.15) is 24.2 Å². The minimum atomic E-state index is -0.0234. The van der Waals surface area contributed by atoms with E-state index in [0.29, 0.717) is 25.4 Å². The summed E-state index contributed by atoms with van der Waals surface area (Å²) in [5, 5.41) is 3.38. The highest BCUT2D eigenvalue weighted by molar-refractivity contribution is 5.51. The van der Waals surface area contributed by atoms with Crippen LogP contribution in [0, 0.1) is 6.92 Å². The molecule has 3 rings (SSSR count). The first kappa shape index (κ1) is 18.2. The van der Waals surface area contributed by atoms with Crippen molar-refractivity contribution in [2.75, 3.05) is 39.1 Å². The topological polar surface area (TPSA) is 75.0 Å². The summed E-state index contributed by atoms with van der Waals surface area (Å²) in [5.74, 6) is 3.11. The van der Waals surface area contributed by atoms with Crippen molar-refractivity contribution in [2.24, 2.45) is 0 Å². The van der Waals surface area contributed by atoms with E-state index in [2.05, 4.69) is 5.32 Å². The zero-order valence-electron chi connectivity index (χ0n) is 15.3. The Morgan fingerprint density at radius 1 is 1.23 bits per heavy atom. The van der Waals surface area contributed by atoms with Crippen LogP contribution in [0.4, 0.5) is 5.69 Å². The Hall–Kier alpha value is -2.60. The molecule has 1 heterocycles. The highest BCUT2D eigenvalue weighted by Crippen LogP contribution is 2.37. The van der Waals surface area contributed by atoms with Crippen LogP contribution in [0.25, 0.3) is 0 Å². The van der Waals surface area contributed by atoms with Gasteiger partial charge in [-0.15, -0.1) is 0 Å². The van der Waals surface area contributed by atoms with Gasteiger partial charge in [-0.05, 0) is 43.7 Å². The number of anilines is 1. The smallest absolute Gasteiger partial charge is 0.165 e. The molecule has 0 radical (unpaired) electrons. The van der Waals surface area contributed by atoms with Crippen LogP contribution in [-0.2, 0) is 0 Å². The highest BCUT2D eigenvalue weighted by atomic mass is 16.6. The van der Waals surface area contributed by atoms with Gasteiger partial charge in [0.15, 0.2) is 11.5 Å². The predicted octanol–water partition coefficient (Wildman–Crippen LogP) is 2.78. The van der Waals surface area contributed by atoms with Gasteiger partial charge in [-0.3, -0.25) is 0 Å². The Morgan fingerprint density at radius 2 is 2.12 bits per heavy atom. The molecule has 0 saturated carbocycles. The largest absolute Gasteiger partial charge is 0.496 e. The summed E-state index contributed by atoms with van der Waals surface area (Å²) in [6.45, 7) is 4.71. The average Bonchev–Trinajstić information content (AvgIpc) is 2.64. The summed E-state index contributed by atoms with van der Waals surface area (Å²) in [7, 11) is 1.66. The lowest BCUT2D eigenvalue weighted by Gasteiger charge is -2.27. The van der Waals surface area contributed by atoms with Gasteiger partial charge in [-0.25, -0.2) is 0 Å². The fourth-order valence-electron chi connectivity index (χ4n) is 2.82. The van der Waals surface area contributed by atoms with E-state index in [1.54, 1.807) is 7.11 Å². The molecule has 0 spiro atoms. The number of benzene rings is 2. The lowest BCUT2D eigenvalue weighted by atomic mass is 10.2. The van der Waals surface area contributed by atoms with Crippen LogP contribution in [-0.4, -0.2) is 39.5 Å². The lowest BCUT2D eigenvalue weighted by Crippen LogP contribution is -2.39. The second kappa shape index (κ2) is 8.67. The van der Waals surface area contributed by atoms with Crippen molar-refractivity contribution in [3.8, 4) is 23.0 Å². The van der Waals surface area contributed by atoms with Gasteiger partial charge in [0.25, 0.3) is 0 Å². The van der Waals surface area contributed by atoms with Crippen molar-refractivity contribution < 1.29 is 18.9 Å². The molecule has 1 aliphatic heterocycles. The molecule has 0 saturated heterocycles. The SMILES string of the molecule is COc1cc2c(cc1C)OCC(CNCCCOc1cccc(N)c1)O2. The third-order valence-corrected chi connectivity index (χ3v) is 4.18. The van der Waals surface area contributed by atoms with Crippen LogP contribution in [0.15, 0.2) is 36.4 Å². The number of methoxy groups -OCH3 is 1. The molecule has 2 aromatic rings. The number of rotatable bonds is 8. The molecule has 0 aliphatic carbocycles. The minimum Gasteiger partial charge on any atom is -0.496 e. The van der Waals surface area contributed by atoms with E-state index < -0.39 is 0 Å². The Balaban J connectivity index is 1.37. The van der Waals surface area contributed by atoms with Gasteiger partial charge in [-0.2, -0.15) is 0 Å². The molecule has 140 valence electrons. The number of nitrogens with one attached hydrogen (secondary N) is 1. The van der Waals surface area contributed by atoms with E-state index >= 15 is 0 Å². The van der Waals surface area contributed by atoms with Crippen LogP contribution >= 0.6 is 0 Å². The monoisotopic (exact) mass is 358 g/mol. The number of nitrogens with two attached hydrogens (primary N) is 1. The summed E-state index contributed by atoms with van der Waals surface area (Å²) >= 11 is 0. The van der Waals surface area contributed by atoms with E-state index in [-0.39, 0.29) is 6.10 Å². The summed E-state index contributed by atoms with van der Waals surface area (Å²) in [6, 6.07) is 11.3. The molecule has 0 fully saturated rings. The molecule has 1 atom stereocenters. The summed E-state index contributed by atoms with van der Waals surface area (Å²) in [4.78, 5) is 0. The van der Waals surface area contributed by atoms with Gasteiger partial charge >= 0.3 is 0 Å². The maximum Gasteiger partial charge on any atom is 0.165 e.